The molecule has 0 aliphatic carbocycles. The molecule has 1 aromatic rings. The Morgan fingerprint density at radius 1 is 1.47 bits per heavy atom. The van der Waals surface area contributed by atoms with Gasteiger partial charge in [-0.2, -0.15) is 11.8 Å². The minimum Gasteiger partial charge on any atom is -0.396 e. The number of hydrogen-bond donors (Lipinski definition) is 1. The third kappa shape index (κ3) is 5.00. The maximum absolute atomic E-state index is 13.0. The van der Waals surface area contributed by atoms with Crippen molar-refractivity contribution in [2.45, 2.75) is 12.7 Å². The Kier molecular flexibility index (Phi) is 5.64. The fourth-order valence-corrected chi connectivity index (χ4v) is 2.67. The van der Waals surface area contributed by atoms with Gasteiger partial charge in [0, 0.05) is 16.8 Å². The molecule has 0 saturated carbocycles. The van der Waals surface area contributed by atoms with Gasteiger partial charge in [0.15, 0.2) is 0 Å². The van der Waals surface area contributed by atoms with Gasteiger partial charge in [-0.3, -0.25) is 0 Å². The third-order valence-electron chi connectivity index (χ3n) is 1.91. The summed E-state index contributed by atoms with van der Waals surface area (Å²) in [6.45, 7) is 2.20. The second-order valence-electron chi connectivity index (χ2n) is 3.58. The highest BCUT2D eigenvalue weighted by Crippen LogP contribution is 2.20. The normalized spacial score (nSPS) is 12.8. The summed E-state index contributed by atoms with van der Waals surface area (Å²) in [4.78, 5) is 0. The quantitative estimate of drug-likeness (QED) is 0.897. The van der Waals surface area contributed by atoms with Gasteiger partial charge in [0.25, 0.3) is 0 Å². The number of benzene rings is 1. The van der Waals surface area contributed by atoms with Crippen molar-refractivity contribution in [3.8, 4) is 0 Å². The lowest BCUT2D eigenvalue weighted by molar-refractivity contribution is 0.250. The van der Waals surface area contributed by atoms with Gasteiger partial charge >= 0.3 is 0 Å². The molecule has 4 heteroatoms. The highest BCUT2D eigenvalue weighted by molar-refractivity contribution is 9.10. The topological polar surface area (TPSA) is 20.2 Å². The van der Waals surface area contributed by atoms with Crippen molar-refractivity contribution in [2.24, 2.45) is 5.92 Å². The maximum Gasteiger partial charge on any atom is 0.124 e. The van der Waals surface area contributed by atoms with E-state index in [1.807, 2.05) is 13.0 Å². The van der Waals surface area contributed by atoms with Crippen molar-refractivity contribution in [2.75, 3.05) is 12.4 Å². The first-order chi connectivity index (χ1) is 7.11. The molecule has 1 rings (SSSR count). The van der Waals surface area contributed by atoms with E-state index >= 15 is 0 Å². The van der Waals surface area contributed by atoms with Crippen molar-refractivity contribution in [3.05, 3.63) is 34.1 Å². The first-order valence-electron chi connectivity index (χ1n) is 4.75. The smallest absolute Gasteiger partial charge is 0.124 e. The van der Waals surface area contributed by atoms with Gasteiger partial charge in [0.1, 0.15) is 5.82 Å². The van der Waals surface area contributed by atoms with Crippen LogP contribution in [-0.2, 0) is 5.75 Å². The van der Waals surface area contributed by atoms with Crippen LogP contribution in [0.15, 0.2) is 22.7 Å². The van der Waals surface area contributed by atoms with E-state index in [1.165, 1.54) is 6.07 Å². The number of halogens is 2. The van der Waals surface area contributed by atoms with Crippen LogP contribution in [0.1, 0.15) is 12.5 Å². The molecule has 0 bridgehead atoms. The Bertz CT molecular complexity index is 299. The molecule has 1 nitrogen and oxygen atoms in total. The molecule has 0 amide bonds. The molecule has 0 aliphatic heterocycles. The van der Waals surface area contributed by atoms with E-state index in [-0.39, 0.29) is 12.4 Å². The highest BCUT2D eigenvalue weighted by Gasteiger charge is 2.02. The van der Waals surface area contributed by atoms with Gasteiger partial charge in [-0.25, -0.2) is 4.39 Å². The largest absolute Gasteiger partial charge is 0.396 e. The van der Waals surface area contributed by atoms with Crippen molar-refractivity contribution in [1.82, 2.24) is 0 Å². The Labute approximate surface area is 102 Å². The van der Waals surface area contributed by atoms with Crippen LogP contribution < -0.4 is 0 Å². The fourth-order valence-electron chi connectivity index (χ4n) is 1.12. The van der Waals surface area contributed by atoms with E-state index in [0.29, 0.717) is 5.92 Å². The van der Waals surface area contributed by atoms with E-state index in [9.17, 15) is 4.39 Å². The molecule has 1 atom stereocenters. The zero-order valence-corrected chi connectivity index (χ0v) is 10.9. The molecule has 0 heterocycles. The van der Waals surface area contributed by atoms with Crippen LogP contribution in [0.2, 0.25) is 0 Å². The molecule has 0 aromatic heterocycles. The van der Waals surface area contributed by atoms with Crippen LogP contribution in [-0.4, -0.2) is 17.5 Å². The average Bonchev–Trinajstić information content (AvgIpc) is 2.16. The Balaban J connectivity index is 2.43. The summed E-state index contributed by atoms with van der Waals surface area (Å²) >= 11 is 4.97. The lowest BCUT2D eigenvalue weighted by Crippen LogP contribution is -2.03. The van der Waals surface area contributed by atoms with E-state index in [4.69, 9.17) is 5.11 Å². The van der Waals surface area contributed by atoms with Gasteiger partial charge in [-0.1, -0.05) is 22.9 Å². The molecular weight excluding hydrogens is 279 g/mol. The number of hydrogen-bond acceptors (Lipinski definition) is 2. The predicted molar refractivity (Wildman–Crippen MR) is 66.5 cm³/mol. The maximum atomic E-state index is 13.0. The van der Waals surface area contributed by atoms with E-state index < -0.39 is 0 Å². The summed E-state index contributed by atoms with van der Waals surface area (Å²) in [6, 6.07) is 4.91. The summed E-state index contributed by atoms with van der Waals surface area (Å²) in [7, 11) is 0. The van der Waals surface area contributed by atoms with Crippen LogP contribution >= 0.6 is 27.7 Å². The zero-order valence-electron chi connectivity index (χ0n) is 8.54. The number of aliphatic hydroxyl groups excluding tert-OH is 1. The average molecular weight is 293 g/mol. The van der Waals surface area contributed by atoms with Gasteiger partial charge in [0.2, 0.25) is 0 Å². The molecular formula is C11H14BrFOS. The molecule has 0 saturated heterocycles. The van der Waals surface area contributed by atoms with E-state index in [0.717, 1.165) is 21.5 Å². The van der Waals surface area contributed by atoms with E-state index in [1.54, 1.807) is 17.8 Å². The highest BCUT2D eigenvalue weighted by atomic mass is 79.9. The molecule has 84 valence electrons. The SMILES string of the molecule is CC(CO)CSCc1cc(F)cc(Br)c1. The molecule has 1 aromatic carbocycles. The summed E-state index contributed by atoms with van der Waals surface area (Å²) in [5.41, 5.74) is 0.969. The molecule has 0 fully saturated rings. The van der Waals surface area contributed by atoms with Crippen molar-refractivity contribution in [3.63, 3.8) is 0 Å². The van der Waals surface area contributed by atoms with Gasteiger partial charge in [-0.05, 0) is 35.4 Å². The number of rotatable bonds is 5. The van der Waals surface area contributed by atoms with Gasteiger partial charge in [-0.15, -0.1) is 0 Å². The molecule has 1 unspecified atom stereocenters. The Morgan fingerprint density at radius 2 is 2.20 bits per heavy atom. The van der Waals surface area contributed by atoms with Crippen molar-refractivity contribution >= 4 is 27.7 Å². The lowest BCUT2D eigenvalue weighted by Gasteiger charge is -2.07. The van der Waals surface area contributed by atoms with Crippen LogP contribution in [0, 0.1) is 11.7 Å². The fraction of sp³-hybridized carbons (Fsp3) is 0.455. The van der Waals surface area contributed by atoms with Gasteiger partial charge < -0.3 is 5.11 Å². The third-order valence-corrected chi connectivity index (χ3v) is 3.71. The summed E-state index contributed by atoms with van der Waals surface area (Å²) < 4.78 is 13.8. The minimum atomic E-state index is -0.213. The van der Waals surface area contributed by atoms with Crippen LogP contribution in [0.3, 0.4) is 0 Å². The second kappa shape index (κ2) is 6.51. The van der Waals surface area contributed by atoms with E-state index in [2.05, 4.69) is 15.9 Å². The monoisotopic (exact) mass is 292 g/mol. The summed E-state index contributed by atoms with van der Waals surface area (Å²) in [5, 5.41) is 8.84. The van der Waals surface area contributed by atoms with Crippen LogP contribution in [0.25, 0.3) is 0 Å². The second-order valence-corrected chi connectivity index (χ2v) is 5.53. The van der Waals surface area contributed by atoms with Crippen molar-refractivity contribution in [1.29, 1.82) is 0 Å². The first kappa shape index (κ1) is 13.0. The molecule has 1 N–H and O–H groups in total. The zero-order chi connectivity index (χ0) is 11.3. The van der Waals surface area contributed by atoms with Gasteiger partial charge in [0.05, 0.1) is 0 Å². The Hall–Kier alpha value is -0.0600. The summed E-state index contributed by atoms with van der Waals surface area (Å²) in [6.07, 6.45) is 0. The minimum absolute atomic E-state index is 0.208. The molecule has 0 radical (unpaired) electrons. The predicted octanol–water partition coefficient (Wildman–Crippen LogP) is 3.45. The standard InChI is InChI=1S/C11H14BrFOS/c1-8(5-14)6-15-7-9-2-10(12)4-11(13)3-9/h2-4,8,14H,5-7H2,1H3. The molecule has 0 spiro atoms. The van der Waals surface area contributed by atoms with Crippen molar-refractivity contribution < 1.29 is 9.50 Å². The number of thioether (sulfide) groups is 1. The summed E-state index contributed by atoms with van der Waals surface area (Å²) in [5.74, 6) is 1.76. The number of aliphatic hydroxyl groups is 1. The van der Waals surface area contributed by atoms with Crippen LogP contribution in [0.4, 0.5) is 4.39 Å². The molecule has 15 heavy (non-hydrogen) atoms. The molecule has 0 aliphatic rings. The first-order valence-corrected chi connectivity index (χ1v) is 6.70. The Morgan fingerprint density at radius 3 is 2.80 bits per heavy atom. The van der Waals surface area contributed by atoms with Crippen LogP contribution in [0.5, 0.6) is 0 Å². The lowest BCUT2D eigenvalue weighted by atomic mass is 10.2.